The molecule has 0 spiro atoms. The van der Waals surface area contributed by atoms with Crippen LogP contribution in [-0.2, 0) is 10.0 Å². The van der Waals surface area contributed by atoms with E-state index in [-0.39, 0.29) is 10.9 Å². The van der Waals surface area contributed by atoms with Crippen molar-refractivity contribution < 1.29 is 13.3 Å². The van der Waals surface area contributed by atoms with Crippen molar-refractivity contribution in [3.8, 4) is 0 Å². The SMILES string of the molecule is CNc1ccc(S(=O)(=O)N(C)C(C)C)c([N+](=O)[O-])c1. The molecule has 106 valence electrons. The highest BCUT2D eigenvalue weighted by molar-refractivity contribution is 7.89. The lowest BCUT2D eigenvalue weighted by Gasteiger charge is -2.20. The number of hydrogen-bond acceptors (Lipinski definition) is 5. The summed E-state index contributed by atoms with van der Waals surface area (Å²) in [6.07, 6.45) is 0. The lowest BCUT2D eigenvalue weighted by Crippen LogP contribution is -2.33. The third-order valence-electron chi connectivity index (χ3n) is 2.83. The summed E-state index contributed by atoms with van der Waals surface area (Å²) in [5, 5.41) is 13.8. The first-order valence-electron chi connectivity index (χ1n) is 5.66. The van der Waals surface area contributed by atoms with E-state index in [9.17, 15) is 18.5 Å². The van der Waals surface area contributed by atoms with Crippen molar-refractivity contribution in [3.63, 3.8) is 0 Å². The second-order valence-electron chi connectivity index (χ2n) is 4.30. The van der Waals surface area contributed by atoms with E-state index in [4.69, 9.17) is 0 Å². The Balaban J connectivity index is 3.46. The Labute approximate surface area is 112 Å². The predicted octanol–water partition coefficient (Wildman–Crippen LogP) is 1.67. The first kappa shape index (κ1) is 15.4. The second-order valence-corrected chi connectivity index (χ2v) is 6.27. The maximum absolute atomic E-state index is 12.3. The molecule has 0 saturated carbocycles. The van der Waals surface area contributed by atoms with Gasteiger partial charge in [-0.2, -0.15) is 4.31 Å². The first-order chi connectivity index (χ1) is 8.71. The van der Waals surface area contributed by atoms with E-state index in [1.165, 1.54) is 25.2 Å². The molecule has 0 heterocycles. The lowest BCUT2D eigenvalue weighted by molar-refractivity contribution is -0.387. The Kier molecular flexibility index (Phi) is 4.48. The summed E-state index contributed by atoms with van der Waals surface area (Å²) in [7, 11) is -0.872. The molecule has 0 unspecified atom stereocenters. The number of nitro benzene ring substituents is 1. The number of nitrogens with one attached hydrogen (secondary N) is 1. The molecule has 0 aromatic heterocycles. The zero-order valence-electron chi connectivity index (χ0n) is 11.2. The molecule has 1 aromatic carbocycles. The van der Waals surface area contributed by atoms with E-state index in [0.717, 1.165) is 4.31 Å². The van der Waals surface area contributed by atoms with Crippen molar-refractivity contribution in [3.05, 3.63) is 28.3 Å². The summed E-state index contributed by atoms with van der Waals surface area (Å²) in [6, 6.07) is 3.67. The zero-order chi connectivity index (χ0) is 14.8. The standard InChI is InChI=1S/C11H17N3O4S/c1-8(2)13(4)19(17,18)11-6-5-9(12-3)7-10(11)14(15)16/h5-8,12H,1-4H3. The molecule has 0 fully saturated rings. The molecule has 0 amide bonds. The average molecular weight is 287 g/mol. The van der Waals surface area contributed by atoms with E-state index >= 15 is 0 Å². The van der Waals surface area contributed by atoms with Crippen molar-refractivity contribution in [2.75, 3.05) is 19.4 Å². The third-order valence-corrected chi connectivity index (χ3v) is 4.91. The minimum atomic E-state index is -3.88. The van der Waals surface area contributed by atoms with Gasteiger partial charge in [-0.1, -0.05) is 0 Å². The highest BCUT2D eigenvalue weighted by atomic mass is 32.2. The minimum Gasteiger partial charge on any atom is -0.388 e. The van der Waals surface area contributed by atoms with Crippen molar-refractivity contribution >= 4 is 21.4 Å². The summed E-state index contributed by atoms with van der Waals surface area (Å²) < 4.78 is 25.7. The van der Waals surface area contributed by atoms with Gasteiger partial charge < -0.3 is 5.32 Å². The van der Waals surface area contributed by atoms with Gasteiger partial charge in [0.15, 0.2) is 4.90 Å². The Morgan fingerprint density at radius 2 is 1.95 bits per heavy atom. The Morgan fingerprint density at radius 3 is 2.37 bits per heavy atom. The van der Waals surface area contributed by atoms with Crippen molar-refractivity contribution in [1.29, 1.82) is 0 Å². The number of hydrogen-bond donors (Lipinski definition) is 1. The number of nitro groups is 1. The van der Waals surface area contributed by atoms with Crippen LogP contribution in [0.25, 0.3) is 0 Å². The molecule has 1 aromatic rings. The molecule has 0 aliphatic carbocycles. The maximum Gasteiger partial charge on any atom is 0.291 e. The number of anilines is 1. The highest BCUT2D eigenvalue weighted by Gasteiger charge is 2.30. The van der Waals surface area contributed by atoms with Crippen LogP contribution in [0.15, 0.2) is 23.1 Å². The number of nitrogens with zero attached hydrogens (tertiary/aromatic N) is 2. The molecular formula is C11H17N3O4S. The van der Waals surface area contributed by atoms with Gasteiger partial charge in [-0.15, -0.1) is 0 Å². The highest BCUT2D eigenvalue weighted by Crippen LogP contribution is 2.29. The Hall–Kier alpha value is -1.67. The summed E-state index contributed by atoms with van der Waals surface area (Å²) in [5.74, 6) is 0. The fourth-order valence-corrected chi connectivity index (χ4v) is 2.97. The lowest BCUT2D eigenvalue weighted by atomic mass is 10.3. The topological polar surface area (TPSA) is 92.6 Å². The van der Waals surface area contributed by atoms with Gasteiger partial charge in [0.25, 0.3) is 5.69 Å². The second kappa shape index (κ2) is 5.54. The smallest absolute Gasteiger partial charge is 0.291 e. The van der Waals surface area contributed by atoms with Gasteiger partial charge in [0, 0.05) is 31.9 Å². The Bertz CT molecular complexity index is 584. The summed E-state index contributed by atoms with van der Waals surface area (Å²) in [6.45, 7) is 3.40. The number of sulfonamides is 1. The van der Waals surface area contributed by atoms with Gasteiger partial charge in [-0.05, 0) is 26.0 Å². The normalized spacial score (nSPS) is 11.9. The van der Waals surface area contributed by atoms with Crippen LogP contribution in [0.3, 0.4) is 0 Å². The van der Waals surface area contributed by atoms with Crippen LogP contribution in [0.5, 0.6) is 0 Å². The van der Waals surface area contributed by atoms with E-state index in [1.54, 1.807) is 20.9 Å². The fourth-order valence-electron chi connectivity index (χ4n) is 1.47. The van der Waals surface area contributed by atoms with Gasteiger partial charge >= 0.3 is 0 Å². The van der Waals surface area contributed by atoms with Crippen LogP contribution in [0.2, 0.25) is 0 Å². The largest absolute Gasteiger partial charge is 0.388 e. The number of rotatable bonds is 5. The summed E-state index contributed by atoms with van der Waals surface area (Å²) in [4.78, 5) is 10.0. The monoisotopic (exact) mass is 287 g/mol. The molecule has 0 saturated heterocycles. The molecule has 19 heavy (non-hydrogen) atoms. The van der Waals surface area contributed by atoms with Crippen LogP contribution >= 0.6 is 0 Å². The van der Waals surface area contributed by atoms with E-state index in [1.807, 2.05) is 0 Å². The molecular weight excluding hydrogens is 270 g/mol. The maximum atomic E-state index is 12.3. The van der Waals surface area contributed by atoms with Crippen LogP contribution in [0.4, 0.5) is 11.4 Å². The van der Waals surface area contributed by atoms with Crippen LogP contribution in [0, 0.1) is 10.1 Å². The third kappa shape index (κ3) is 3.02. The Morgan fingerprint density at radius 1 is 1.37 bits per heavy atom. The molecule has 0 radical (unpaired) electrons. The van der Waals surface area contributed by atoms with E-state index in [2.05, 4.69) is 5.32 Å². The molecule has 0 bridgehead atoms. The quantitative estimate of drug-likeness (QED) is 0.656. The van der Waals surface area contributed by atoms with Crippen molar-refractivity contribution in [1.82, 2.24) is 4.31 Å². The van der Waals surface area contributed by atoms with Gasteiger partial charge in [0.1, 0.15) is 0 Å². The van der Waals surface area contributed by atoms with E-state index < -0.39 is 20.6 Å². The fraction of sp³-hybridized carbons (Fsp3) is 0.455. The summed E-state index contributed by atoms with van der Waals surface area (Å²) >= 11 is 0. The molecule has 1 rings (SSSR count). The average Bonchev–Trinajstić information content (AvgIpc) is 2.36. The van der Waals surface area contributed by atoms with Crippen LogP contribution in [0.1, 0.15) is 13.8 Å². The van der Waals surface area contributed by atoms with Gasteiger partial charge in [-0.3, -0.25) is 10.1 Å². The van der Waals surface area contributed by atoms with Crippen molar-refractivity contribution in [2.24, 2.45) is 0 Å². The molecule has 7 nitrogen and oxygen atoms in total. The van der Waals surface area contributed by atoms with Gasteiger partial charge in [-0.25, -0.2) is 8.42 Å². The molecule has 8 heteroatoms. The number of benzene rings is 1. The predicted molar refractivity (Wildman–Crippen MR) is 72.7 cm³/mol. The first-order valence-corrected chi connectivity index (χ1v) is 7.10. The van der Waals surface area contributed by atoms with Gasteiger partial charge in [0.2, 0.25) is 10.0 Å². The van der Waals surface area contributed by atoms with Crippen LogP contribution in [-0.4, -0.2) is 37.8 Å². The molecule has 0 atom stereocenters. The molecule has 1 N–H and O–H groups in total. The summed E-state index contributed by atoms with van der Waals surface area (Å²) in [5.41, 5.74) is 0.0530. The molecule has 0 aliphatic rings. The van der Waals surface area contributed by atoms with E-state index in [0.29, 0.717) is 5.69 Å². The zero-order valence-corrected chi connectivity index (χ0v) is 12.1. The molecule has 0 aliphatic heterocycles. The van der Waals surface area contributed by atoms with Gasteiger partial charge in [0.05, 0.1) is 4.92 Å². The minimum absolute atomic E-state index is 0.284. The van der Waals surface area contributed by atoms with Crippen molar-refractivity contribution in [2.45, 2.75) is 24.8 Å². The van der Waals surface area contributed by atoms with Crippen LogP contribution < -0.4 is 5.32 Å².